The van der Waals surface area contributed by atoms with E-state index in [4.69, 9.17) is 5.11 Å². The van der Waals surface area contributed by atoms with Gasteiger partial charge in [0.1, 0.15) is 17.3 Å². The normalized spacial score (nSPS) is 13.2. The molecule has 47 heavy (non-hydrogen) atoms. The van der Waals surface area contributed by atoms with E-state index in [2.05, 4.69) is 5.32 Å². The van der Waals surface area contributed by atoms with E-state index in [1.807, 2.05) is 13.8 Å². The number of carboxylic acids is 1. The average molecular weight is 667 g/mol. The number of aliphatic hydroxyl groups is 2. The van der Waals surface area contributed by atoms with Crippen molar-refractivity contribution < 1.29 is 42.1 Å². The molecule has 1 amide bonds. The first-order chi connectivity index (χ1) is 22.1. The number of aliphatic hydroxyl groups excluding tert-OH is 2. The van der Waals surface area contributed by atoms with Crippen molar-refractivity contribution in [2.75, 3.05) is 11.6 Å². The van der Waals surface area contributed by atoms with Crippen LogP contribution in [0, 0.1) is 11.6 Å². The summed E-state index contributed by atoms with van der Waals surface area (Å²) in [5, 5.41) is 32.6. The van der Waals surface area contributed by atoms with Crippen LogP contribution in [0.1, 0.15) is 54.5 Å². The van der Waals surface area contributed by atoms with Gasteiger partial charge in [-0.05, 0) is 73.0 Å². The number of carboxylic acid groups (broad SMARTS) is 1. The van der Waals surface area contributed by atoms with Gasteiger partial charge in [-0.25, -0.2) is 17.2 Å². The number of aromatic nitrogens is 1. The second-order valence-corrected chi connectivity index (χ2v) is 13.7. The summed E-state index contributed by atoms with van der Waals surface area (Å²) in [6.45, 7) is 3.67. The van der Waals surface area contributed by atoms with E-state index < -0.39 is 52.0 Å². The van der Waals surface area contributed by atoms with Crippen molar-refractivity contribution in [1.82, 2.24) is 4.57 Å². The maximum atomic E-state index is 14.2. The fraction of sp³-hybridized carbons (Fsp3) is 0.257. The summed E-state index contributed by atoms with van der Waals surface area (Å²) in [6, 6.07) is 17.1. The van der Waals surface area contributed by atoms with E-state index in [1.54, 1.807) is 34.9 Å². The lowest BCUT2D eigenvalue weighted by Crippen LogP contribution is -2.20. The van der Waals surface area contributed by atoms with Gasteiger partial charge in [0.05, 0.1) is 24.4 Å². The topological polar surface area (TPSA) is 146 Å². The highest BCUT2D eigenvalue weighted by Gasteiger charge is 2.30. The van der Waals surface area contributed by atoms with E-state index in [1.165, 1.54) is 54.6 Å². The van der Waals surface area contributed by atoms with Gasteiger partial charge in [-0.1, -0.05) is 42.5 Å². The first kappa shape index (κ1) is 35.2. The molecule has 0 radical (unpaired) electrons. The van der Waals surface area contributed by atoms with Crippen LogP contribution < -0.4 is 5.32 Å². The number of sulfone groups is 1. The van der Waals surface area contributed by atoms with Crippen molar-refractivity contribution in [1.29, 1.82) is 0 Å². The van der Waals surface area contributed by atoms with Gasteiger partial charge in [-0.3, -0.25) is 9.59 Å². The lowest BCUT2D eigenvalue weighted by Gasteiger charge is -2.17. The smallest absolute Gasteiger partial charge is 0.305 e. The molecular formula is C35H36F2N2O7S. The highest BCUT2D eigenvalue weighted by molar-refractivity contribution is 7.89. The number of hydrogen-bond donors (Lipinski definition) is 4. The summed E-state index contributed by atoms with van der Waals surface area (Å²) in [5.41, 5.74) is 3.41. The van der Waals surface area contributed by atoms with Crippen LogP contribution in [0.15, 0.2) is 78.9 Å². The molecule has 0 aliphatic rings. The molecule has 1 aromatic heterocycles. The Hall–Kier alpha value is -4.65. The fourth-order valence-electron chi connectivity index (χ4n) is 5.36. The second kappa shape index (κ2) is 14.8. The Kier molecular flexibility index (Phi) is 11.1. The van der Waals surface area contributed by atoms with Crippen molar-refractivity contribution in [3.05, 3.63) is 107 Å². The number of nitrogens with one attached hydrogen (secondary N) is 1. The maximum Gasteiger partial charge on any atom is 0.305 e. The lowest BCUT2D eigenvalue weighted by atomic mass is 9.94. The Morgan fingerprint density at radius 2 is 1.40 bits per heavy atom. The highest BCUT2D eigenvalue weighted by atomic mass is 32.2. The molecule has 1 heterocycles. The molecule has 0 bridgehead atoms. The molecule has 2 atom stereocenters. The van der Waals surface area contributed by atoms with Crippen LogP contribution in [0.25, 0.3) is 28.3 Å². The van der Waals surface area contributed by atoms with Crippen LogP contribution in [-0.2, 0) is 20.4 Å². The summed E-state index contributed by atoms with van der Waals surface area (Å²) in [7, 11) is -3.27. The monoisotopic (exact) mass is 666 g/mol. The van der Waals surface area contributed by atoms with E-state index in [9.17, 15) is 37.0 Å². The molecule has 248 valence electrons. The van der Waals surface area contributed by atoms with Gasteiger partial charge in [-0.15, -0.1) is 0 Å². The summed E-state index contributed by atoms with van der Waals surface area (Å²) >= 11 is 0. The van der Waals surface area contributed by atoms with Crippen LogP contribution in [0.2, 0.25) is 0 Å². The molecule has 4 rings (SSSR count). The van der Waals surface area contributed by atoms with Crippen LogP contribution in [-0.4, -0.2) is 58.6 Å². The minimum Gasteiger partial charge on any atom is -0.481 e. The minimum absolute atomic E-state index is 0.165. The molecule has 12 heteroatoms. The van der Waals surface area contributed by atoms with Gasteiger partial charge in [0, 0.05) is 41.2 Å². The van der Waals surface area contributed by atoms with Crippen LogP contribution in [0.4, 0.5) is 14.5 Å². The minimum atomic E-state index is -3.27. The third-order valence-corrected chi connectivity index (χ3v) is 8.14. The predicted molar refractivity (Wildman–Crippen MR) is 176 cm³/mol. The molecule has 0 aliphatic heterocycles. The Balaban J connectivity index is 1.93. The first-order valence-corrected chi connectivity index (χ1v) is 16.8. The maximum absolute atomic E-state index is 14.2. The Labute approximate surface area is 271 Å². The molecule has 0 unspecified atom stereocenters. The van der Waals surface area contributed by atoms with E-state index in [0.717, 1.165) is 6.26 Å². The van der Waals surface area contributed by atoms with Gasteiger partial charge in [0.15, 0.2) is 9.84 Å². The highest BCUT2D eigenvalue weighted by Crippen LogP contribution is 2.43. The first-order valence-electron chi connectivity index (χ1n) is 14.8. The number of nitrogens with zero attached hydrogens (tertiary/aromatic N) is 1. The third kappa shape index (κ3) is 9.22. The molecule has 0 spiro atoms. The largest absolute Gasteiger partial charge is 0.481 e. The van der Waals surface area contributed by atoms with Gasteiger partial charge >= 0.3 is 5.97 Å². The number of halogens is 2. The van der Waals surface area contributed by atoms with Gasteiger partial charge in [0.2, 0.25) is 0 Å². The Bertz CT molecular complexity index is 1870. The number of hydrogen-bond acceptors (Lipinski definition) is 6. The number of benzene rings is 3. The molecular weight excluding hydrogens is 630 g/mol. The SMILES string of the molecule is CC(C)n1c(C=C[C@H](O)C[C@@H](O)CC(=O)O)c(-c2ccc(F)cc2)c(-c2ccc(F)cc2)c1C(=O)Nc1ccc(CS(C)(=O)=O)cc1. The van der Waals surface area contributed by atoms with Crippen LogP contribution in [0.3, 0.4) is 0 Å². The van der Waals surface area contributed by atoms with E-state index in [-0.39, 0.29) is 23.9 Å². The number of amides is 1. The summed E-state index contributed by atoms with van der Waals surface area (Å²) < 4.78 is 53.4. The van der Waals surface area contributed by atoms with Crippen molar-refractivity contribution in [3.8, 4) is 22.3 Å². The standard InChI is InChI=1S/C35H36F2N2O7S/c1-21(2)39-30(17-16-28(40)18-29(41)19-31(42)43)32(23-6-10-25(36)11-7-23)33(24-8-12-26(37)13-9-24)34(39)35(44)38-27-14-4-22(5-15-27)20-47(3,45)46/h4-17,21,28-29,40-41H,18-20H2,1-3H3,(H,38,44)(H,42,43)/t28-,29+/m0/s1. The summed E-state index contributed by atoms with van der Waals surface area (Å²) in [6.07, 6.45) is 0.691. The van der Waals surface area contributed by atoms with Gasteiger partial charge < -0.3 is 25.2 Å². The van der Waals surface area contributed by atoms with Gasteiger partial charge in [-0.2, -0.15) is 0 Å². The molecule has 4 N–H and O–H groups in total. The molecule has 0 aliphatic carbocycles. The predicted octanol–water partition coefficient (Wildman–Crippen LogP) is 6.08. The Morgan fingerprint density at radius 3 is 1.89 bits per heavy atom. The third-order valence-electron chi connectivity index (χ3n) is 7.28. The number of anilines is 1. The molecule has 0 fully saturated rings. The fourth-order valence-corrected chi connectivity index (χ4v) is 6.16. The molecule has 0 saturated heterocycles. The zero-order valence-corrected chi connectivity index (χ0v) is 26.8. The quantitative estimate of drug-likeness (QED) is 0.135. The van der Waals surface area contributed by atoms with Crippen molar-refractivity contribution in [2.24, 2.45) is 0 Å². The second-order valence-electron chi connectivity index (χ2n) is 11.6. The lowest BCUT2D eigenvalue weighted by molar-refractivity contribution is -0.139. The summed E-state index contributed by atoms with van der Waals surface area (Å²) in [5.74, 6) is -2.91. The number of carbonyl (C=O) groups excluding carboxylic acids is 1. The zero-order chi connectivity index (χ0) is 34.5. The van der Waals surface area contributed by atoms with Crippen molar-refractivity contribution >= 4 is 33.5 Å². The van der Waals surface area contributed by atoms with Crippen molar-refractivity contribution in [3.63, 3.8) is 0 Å². The van der Waals surface area contributed by atoms with Crippen LogP contribution in [0.5, 0.6) is 0 Å². The molecule has 3 aromatic carbocycles. The number of aliphatic carboxylic acids is 1. The number of rotatable bonds is 13. The molecule has 0 saturated carbocycles. The van der Waals surface area contributed by atoms with E-state index >= 15 is 0 Å². The van der Waals surface area contributed by atoms with E-state index in [0.29, 0.717) is 39.2 Å². The zero-order valence-electron chi connectivity index (χ0n) is 26.0. The van der Waals surface area contributed by atoms with Crippen molar-refractivity contribution in [2.45, 2.75) is 50.7 Å². The molecule has 9 nitrogen and oxygen atoms in total. The average Bonchev–Trinajstić information content (AvgIpc) is 3.32. The Morgan fingerprint density at radius 1 is 0.872 bits per heavy atom. The number of carbonyl (C=O) groups is 2. The van der Waals surface area contributed by atoms with Gasteiger partial charge in [0.25, 0.3) is 5.91 Å². The van der Waals surface area contributed by atoms with Crippen LogP contribution >= 0.6 is 0 Å². The molecule has 4 aromatic rings. The summed E-state index contributed by atoms with van der Waals surface area (Å²) in [4.78, 5) is 25.2.